The van der Waals surface area contributed by atoms with Crippen molar-refractivity contribution in [3.8, 4) is 11.5 Å². The van der Waals surface area contributed by atoms with Gasteiger partial charge in [0.2, 0.25) is 0 Å². The molecule has 0 aliphatic carbocycles. The summed E-state index contributed by atoms with van der Waals surface area (Å²) in [5.41, 5.74) is 1.72. The number of likely N-dealkylation sites (tertiary alicyclic amines) is 1. The van der Waals surface area contributed by atoms with Gasteiger partial charge in [-0.3, -0.25) is 4.90 Å². The van der Waals surface area contributed by atoms with Crippen molar-refractivity contribution in [2.45, 2.75) is 25.8 Å². The van der Waals surface area contributed by atoms with Crippen LogP contribution in [0.1, 0.15) is 24.8 Å². The average molecular weight is 290 g/mol. The highest BCUT2D eigenvalue weighted by Gasteiger charge is 2.38. The van der Waals surface area contributed by atoms with Gasteiger partial charge in [0.15, 0.2) is 0 Å². The summed E-state index contributed by atoms with van der Waals surface area (Å²) in [5.74, 6) is 1.86. The third-order valence-corrected chi connectivity index (χ3v) is 4.96. The number of rotatable bonds is 4. The summed E-state index contributed by atoms with van der Waals surface area (Å²) >= 11 is 0. The van der Waals surface area contributed by atoms with Gasteiger partial charge in [-0.15, -0.1) is 0 Å². The van der Waals surface area contributed by atoms with Gasteiger partial charge in [0.05, 0.1) is 14.2 Å². The van der Waals surface area contributed by atoms with Crippen LogP contribution in [-0.2, 0) is 6.54 Å². The molecule has 4 nitrogen and oxygen atoms in total. The van der Waals surface area contributed by atoms with Crippen molar-refractivity contribution in [1.29, 1.82) is 0 Å². The lowest BCUT2D eigenvalue weighted by molar-refractivity contribution is 0.198. The standard InChI is InChI=1S/C17H26N2O2/c1-20-15-4-5-16(21-2)14(10-15)11-19-9-7-17(13-19)6-3-8-18-12-17/h4-5,10,18H,3,6-9,11-13H2,1-2H3/t17-/m1/s1. The summed E-state index contributed by atoms with van der Waals surface area (Å²) in [6.07, 6.45) is 3.99. The molecule has 0 aromatic heterocycles. The molecule has 0 unspecified atom stereocenters. The predicted octanol–water partition coefficient (Wildman–Crippen LogP) is 2.28. The molecule has 4 heteroatoms. The van der Waals surface area contributed by atoms with Crippen LogP contribution >= 0.6 is 0 Å². The van der Waals surface area contributed by atoms with Crippen LogP contribution in [0.2, 0.25) is 0 Å². The first-order valence-electron chi connectivity index (χ1n) is 7.89. The first-order valence-corrected chi connectivity index (χ1v) is 7.89. The van der Waals surface area contributed by atoms with Gasteiger partial charge >= 0.3 is 0 Å². The molecule has 2 saturated heterocycles. The molecule has 1 aromatic carbocycles. The van der Waals surface area contributed by atoms with Crippen LogP contribution in [0.25, 0.3) is 0 Å². The van der Waals surface area contributed by atoms with E-state index in [1.807, 2.05) is 12.1 Å². The van der Waals surface area contributed by atoms with Crippen LogP contribution in [0.5, 0.6) is 11.5 Å². The van der Waals surface area contributed by atoms with E-state index in [0.717, 1.165) is 18.0 Å². The first-order chi connectivity index (χ1) is 10.2. The normalized spacial score (nSPS) is 26.2. The fraction of sp³-hybridized carbons (Fsp3) is 0.647. The number of piperidine rings is 1. The topological polar surface area (TPSA) is 33.7 Å². The van der Waals surface area contributed by atoms with Crippen molar-refractivity contribution in [2.24, 2.45) is 5.41 Å². The Hall–Kier alpha value is -1.26. The third-order valence-electron chi connectivity index (χ3n) is 4.96. The Morgan fingerprint density at radius 1 is 1.24 bits per heavy atom. The van der Waals surface area contributed by atoms with E-state index in [1.165, 1.54) is 51.0 Å². The van der Waals surface area contributed by atoms with E-state index in [1.54, 1.807) is 14.2 Å². The molecule has 0 bridgehead atoms. The molecule has 1 N–H and O–H groups in total. The highest BCUT2D eigenvalue weighted by molar-refractivity contribution is 5.40. The van der Waals surface area contributed by atoms with Gasteiger partial charge in [0.25, 0.3) is 0 Å². The van der Waals surface area contributed by atoms with Gasteiger partial charge in [0.1, 0.15) is 11.5 Å². The molecule has 2 aliphatic rings. The molecule has 1 spiro atoms. The summed E-state index contributed by atoms with van der Waals surface area (Å²) in [4.78, 5) is 2.56. The second-order valence-corrected chi connectivity index (χ2v) is 6.42. The van der Waals surface area contributed by atoms with E-state index in [2.05, 4.69) is 16.3 Å². The largest absolute Gasteiger partial charge is 0.497 e. The monoisotopic (exact) mass is 290 g/mol. The highest BCUT2D eigenvalue weighted by Crippen LogP contribution is 2.37. The lowest BCUT2D eigenvalue weighted by Crippen LogP contribution is -2.41. The zero-order valence-electron chi connectivity index (χ0n) is 13.2. The van der Waals surface area contributed by atoms with Crippen molar-refractivity contribution < 1.29 is 9.47 Å². The molecule has 21 heavy (non-hydrogen) atoms. The van der Waals surface area contributed by atoms with Crippen LogP contribution < -0.4 is 14.8 Å². The smallest absolute Gasteiger partial charge is 0.123 e. The lowest BCUT2D eigenvalue weighted by Gasteiger charge is -2.34. The Labute approximate surface area is 127 Å². The second kappa shape index (κ2) is 6.24. The third kappa shape index (κ3) is 3.16. The Balaban J connectivity index is 1.69. The number of hydrogen-bond acceptors (Lipinski definition) is 4. The Kier molecular flexibility index (Phi) is 4.36. The molecule has 2 aliphatic heterocycles. The van der Waals surface area contributed by atoms with Crippen LogP contribution in [-0.4, -0.2) is 45.3 Å². The quantitative estimate of drug-likeness (QED) is 0.922. The van der Waals surface area contributed by atoms with Crippen LogP contribution in [0.3, 0.4) is 0 Å². The van der Waals surface area contributed by atoms with Crippen molar-refractivity contribution in [3.63, 3.8) is 0 Å². The van der Waals surface area contributed by atoms with Gasteiger partial charge < -0.3 is 14.8 Å². The maximum Gasteiger partial charge on any atom is 0.123 e. The van der Waals surface area contributed by atoms with Gasteiger partial charge in [0, 0.05) is 25.2 Å². The van der Waals surface area contributed by atoms with Gasteiger partial charge in [-0.05, 0) is 56.0 Å². The molecule has 1 atom stereocenters. The summed E-state index contributed by atoms with van der Waals surface area (Å²) in [6, 6.07) is 6.06. The molecule has 0 saturated carbocycles. The predicted molar refractivity (Wildman–Crippen MR) is 84.0 cm³/mol. The average Bonchev–Trinajstić information content (AvgIpc) is 2.90. The minimum Gasteiger partial charge on any atom is -0.497 e. The Morgan fingerprint density at radius 2 is 2.14 bits per heavy atom. The molecule has 2 heterocycles. The van der Waals surface area contributed by atoms with Gasteiger partial charge in [-0.1, -0.05) is 0 Å². The van der Waals surface area contributed by atoms with Crippen molar-refractivity contribution in [1.82, 2.24) is 10.2 Å². The summed E-state index contributed by atoms with van der Waals surface area (Å²) in [6.45, 7) is 5.69. The molecule has 2 fully saturated rings. The molecule has 116 valence electrons. The number of nitrogens with zero attached hydrogens (tertiary/aromatic N) is 1. The van der Waals surface area contributed by atoms with Crippen molar-refractivity contribution in [2.75, 3.05) is 40.4 Å². The molecule has 0 radical (unpaired) electrons. The fourth-order valence-electron chi connectivity index (χ4n) is 3.79. The van der Waals surface area contributed by atoms with E-state index in [0.29, 0.717) is 5.41 Å². The number of benzene rings is 1. The van der Waals surface area contributed by atoms with E-state index < -0.39 is 0 Å². The van der Waals surface area contributed by atoms with E-state index in [-0.39, 0.29) is 0 Å². The zero-order valence-corrected chi connectivity index (χ0v) is 13.2. The molecule has 3 rings (SSSR count). The maximum absolute atomic E-state index is 5.50. The second-order valence-electron chi connectivity index (χ2n) is 6.42. The van der Waals surface area contributed by atoms with Gasteiger partial charge in [-0.25, -0.2) is 0 Å². The van der Waals surface area contributed by atoms with E-state index in [4.69, 9.17) is 9.47 Å². The van der Waals surface area contributed by atoms with E-state index in [9.17, 15) is 0 Å². The van der Waals surface area contributed by atoms with Crippen molar-refractivity contribution >= 4 is 0 Å². The summed E-state index contributed by atoms with van der Waals surface area (Å²) in [7, 11) is 3.45. The minimum absolute atomic E-state index is 0.504. The molecule has 0 amide bonds. The first kappa shape index (κ1) is 14.7. The summed E-state index contributed by atoms with van der Waals surface area (Å²) < 4.78 is 10.8. The molecular formula is C17H26N2O2. The van der Waals surface area contributed by atoms with Crippen LogP contribution in [0, 0.1) is 5.41 Å². The fourth-order valence-corrected chi connectivity index (χ4v) is 3.79. The number of methoxy groups -OCH3 is 2. The highest BCUT2D eigenvalue weighted by atomic mass is 16.5. The number of nitrogens with one attached hydrogen (secondary N) is 1. The molecule has 1 aromatic rings. The van der Waals surface area contributed by atoms with E-state index >= 15 is 0 Å². The zero-order chi connectivity index (χ0) is 14.7. The Morgan fingerprint density at radius 3 is 2.86 bits per heavy atom. The lowest BCUT2D eigenvalue weighted by atomic mass is 9.80. The number of ether oxygens (including phenoxy) is 2. The maximum atomic E-state index is 5.50. The molecular weight excluding hydrogens is 264 g/mol. The van der Waals surface area contributed by atoms with Crippen LogP contribution in [0.15, 0.2) is 18.2 Å². The minimum atomic E-state index is 0.504. The van der Waals surface area contributed by atoms with Crippen molar-refractivity contribution in [3.05, 3.63) is 23.8 Å². The van der Waals surface area contributed by atoms with Gasteiger partial charge in [-0.2, -0.15) is 0 Å². The SMILES string of the molecule is COc1ccc(OC)c(CN2CC[C@@]3(CCCNC3)C2)c1. The Bertz CT molecular complexity index is 484. The van der Waals surface area contributed by atoms with Crippen LogP contribution in [0.4, 0.5) is 0 Å². The summed E-state index contributed by atoms with van der Waals surface area (Å²) in [5, 5.41) is 3.57. The number of hydrogen-bond donors (Lipinski definition) is 1.